The first-order valence-electron chi connectivity index (χ1n) is 9.16. The van der Waals surface area contributed by atoms with Crippen LogP contribution in [0.15, 0.2) is 58.9 Å². The standard InChI is InChI=1S/C21H19ClF2N2OS/c22-17-7-3-4-8-18(17)25-21-26(15-5-1-2-6-15)19(13-28-21)14-9-11-16(12-10-14)27-20(23)24/h3-4,7-13,15,20H,1-2,5-6H2. The van der Waals surface area contributed by atoms with Gasteiger partial charge in [0.05, 0.1) is 16.4 Å². The average Bonchev–Trinajstić information content (AvgIpc) is 3.33. The molecule has 0 bridgehead atoms. The topological polar surface area (TPSA) is 26.5 Å². The molecule has 1 aliphatic rings. The van der Waals surface area contributed by atoms with Gasteiger partial charge in [0.2, 0.25) is 0 Å². The van der Waals surface area contributed by atoms with Crippen molar-refractivity contribution in [2.75, 3.05) is 0 Å². The summed E-state index contributed by atoms with van der Waals surface area (Å²) >= 11 is 7.86. The largest absolute Gasteiger partial charge is 0.435 e. The van der Waals surface area contributed by atoms with Crippen LogP contribution in [0.1, 0.15) is 31.7 Å². The van der Waals surface area contributed by atoms with E-state index in [-0.39, 0.29) is 5.75 Å². The van der Waals surface area contributed by atoms with E-state index in [0.29, 0.717) is 11.1 Å². The van der Waals surface area contributed by atoms with Crippen LogP contribution in [0.25, 0.3) is 11.3 Å². The van der Waals surface area contributed by atoms with E-state index in [1.54, 1.807) is 23.5 Å². The van der Waals surface area contributed by atoms with E-state index in [1.807, 2.05) is 36.4 Å². The maximum absolute atomic E-state index is 12.4. The smallest absolute Gasteiger partial charge is 0.387 e. The molecular weight excluding hydrogens is 402 g/mol. The van der Waals surface area contributed by atoms with E-state index in [4.69, 9.17) is 16.6 Å². The number of benzene rings is 2. The number of hydrogen-bond acceptors (Lipinski definition) is 3. The number of rotatable bonds is 5. The van der Waals surface area contributed by atoms with Crippen LogP contribution in [0, 0.1) is 0 Å². The van der Waals surface area contributed by atoms with Gasteiger partial charge in [0.15, 0.2) is 4.80 Å². The van der Waals surface area contributed by atoms with Gasteiger partial charge in [-0.25, -0.2) is 4.99 Å². The van der Waals surface area contributed by atoms with Crippen molar-refractivity contribution in [3.63, 3.8) is 0 Å². The predicted molar refractivity (Wildman–Crippen MR) is 109 cm³/mol. The van der Waals surface area contributed by atoms with Crippen LogP contribution in [0.3, 0.4) is 0 Å². The Hall–Kier alpha value is -2.18. The second-order valence-corrected chi connectivity index (χ2v) is 7.92. The summed E-state index contributed by atoms with van der Waals surface area (Å²) in [5.41, 5.74) is 2.72. The van der Waals surface area contributed by atoms with E-state index in [0.717, 1.165) is 34.6 Å². The van der Waals surface area contributed by atoms with Gasteiger partial charge in [-0.3, -0.25) is 0 Å². The van der Waals surface area contributed by atoms with Crippen LogP contribution in [-0.2, 0) is 0 Å². The molecule has 1 fully saturated rings. The number of halogens is 3. The van der Waals surface area contributed by atoms with Crippen LogP contribution >= 0.6 is 22.9 Å². The van der Waals surface area contributed by atoms with Gasteiger partial charge in [0, 0.05) is 11.4 Å². The molecule has 0 unspecified atom stereocenters. The average molecular weight is 421 g/mol. The lowest BCUT2D eigenvalue weighted by atomic mass is 10.1. The number of hydrogen-bond donors (Lipinski definition) is 0. The fourth-order valence-corrected chi connectivity index (χ4v) is 4.74. The monoisotopic (exact) mass is 420 g/mol. The number of ether oxygens (including phenoxy) is 1. The lowest BCUT2D eigenvalue weighted by Gasteiger charge is -2.16. The molecule has 146 valence electrons. The minimum atomic E-state index is -2.82. The van der Waals surface area contributed by atoms with Crippen molar-refractivity contribution < 1.29 is 13.5 Å². The van der Waals surface area contributed by atoms with Gasteiger partial charge in [-0.1, -0.05) is 36.6 Å². The molecule has 0 spiro atoms. The molecule has 0 N–H and O–H groups in total. The maximum Gasteiger partial charge on any atom is 0.387 e. The van der Waals surface area contributed by atoms with Crippen molar-refractivity contribution in [2.45, 2.75) is 38.3 Å². The highest BCUT2D eigenvalue weighted by atomic mass is 35.5. The summed E-state index contributed by atoms with van der Waals surface area (Å²) in [6.07, 6.45) is 4.59. The summed E-state index contributed by atoms with van der Waals surface area (Å²) in [4.78, 5) is 5.71. The van der Waals surface area contributed by atoms with E-state index in [1.165, 1.54) is 12.8 Å². The molecule has 0 atom stereocenters. The fraction of sp³-hybridized carbons (Fsp3) is 0.286. The van der Waals surface area contributed by atoms with Crippen molar-refractivity contribution in [3.8, 4) is 17.0 Å². The molecule has 3 aromatic rings. The van der Waals surface area contributed by atoms with Gasteiger partial charge in [-0.2, -0.15) is 8.78 Å². The summed E-state index contributed by atoms with van der Waals surface area (Å²) < 4.78 is 31.5. The summed E-state index contributed by atoms with van der Waals surface area (Å²) in [5.74, 6) is 0.155. The fourth-order valence-electron chi connectivity index (χ4n) is 3.58. The molecule has 1 aromatic heterocycles. The highest BCUT2D eigenvalue weighted by molar-refractivity contribution is 7.07. The quantitative estimate of drug-likeness (QED) is 0.444. The zero-order valence-corrected chi connectivity index (χ0v) is 16.6. The van der Waals surface area contributed by atoms with Gasteiger partial charge in [0.25, 0.3) is 0 Å². The van der Waals surface area contributed by atoms with E-state index in [9.17, 15) is 8.78 Å². The van der Waals surface area contributed by atoms with Crippen LogP contribution < -0.4 is 9.54 Å². The van der Waals surface area contributed by atoms with E-state index >= 15 is 0 Å². The number of thiazole rings is 1. The minimum Gasteiger partial charge on any atom is -0.435 e. The molecule has 2 aromatic carbocycles. The predicted octanol–water partition coefficient (Wildman–Crippen LogP) is 6.82. The SMILES string of the molecule is FC(F)Oc1ccc(-c2csc(=Nc3ccccc3Cl)n2C2CCCC2)cc1. The summed E-state index contributed by atoms with van der Waals surface area (Å²) in [6.45, 7) is -2.82. The van der Waals surface area contributed by atoms with Crippen molar-refractivity contribution in [2.24, 2.45) is 4.99 Å². The van der Waals surface area contributed by atoms with E-state index < -0.39 is 6.61 Å². The normalized spacial score (nSPS) is 15.5. The summed E-state index contributed by atoms with van der Waals surface area (Å²) in [6, 6.07) is 14.7. The molecule has 7 heteroatoms. The summed E-state index contributed by atoms with van der Waals surface area (Å²) in [7, 11) is 0. The third-order valence-electron chi connectivity index (χ3n) is 4.88. The van der Waals surface area contributed by atoms with E-state index in [2.05, 4.69) is 14.7 Å². The maximum atomic E-state index is 12.4. The summed E-state index contributed by atoms with van der Waals surface area (Å²) in [5, 5.41) is 2.68. The first kappa shape index (κ1) is 19.2. The molecule has 0 saturated heterocycles. The van der Waals surface area contributed by atoms with Gasteiger partial charge in [-0.05, 0) is 54.8 Å². The van der Waals surface area contributed by atoms with Crippen molar-refractivity contribution in [1.29, 1.82) is 0 Å². The zero-order chi connectivity index (χ0) is 19.5. The Morgan fingerprint density at radius 3 is 2.46 bits per heavy atom. The number of aromatic nitrogens is 1. The molecular formula is C21H19ClF2N2OS. The van der Waals surface area contributed by atoms with Crippen LogP contribution in [0.2, 0.25) is 5.02 Å². The van der Waals surface area contributed by atoms with Crippen molar-refractivity contribution >= 4 is 28.6 Å². The Bertz CT molecular complexity index is 1010. The van der Waals surface area contributed by atoms with Crippen LogP contribution in [0.4, 0.5) is 14.5 Å². The Morgan fingerprint density at radius 2 is 1.79 bits per heavy atom. The van der Waals surface area contributed by atoms with Crippen molar-refractivity contribution in [3.05, 3.63) is 63.7 Å². The molecule has 1 heterocycles. The lowest BCUT2D eigenvalue weighted by molar-refractivity contribution is -0.0498. The second-order valence-electron chi connectivity index (χ2n) is 6.68. The molecule has 0 aliphatic heterocycles. The van der Waals surface area contributed by atoms with Crippen LogP contribution in [-0.4, -0.2) is 11.2 Å². The van der Waals surface area contributed by atoms with Crippen molar-refractivity contribution in [1.82, 2.24) is 4.57 Å². The number of nitrogens with zero attached hydrogens (tertiary/aromatic N) is 2. The molecule has 0 amide bonds. The molecule has 0 radical (unpaired) electrons. The molecule has 4 rings (SSSR count). The Morgan fingerprint density at radius 1 is 1.07 bits per heavy atom. The van der Waals surface area contributed by atoms with Gasteiger partial charge in [-0.15, -0.1) is 11.3 Å². The second kappa shape index (κ2) is 8.45. The number of para-hydroxylation sites is 1. The molecule has 1 saturated carbocycles. The van der Waals surface area contributed by atoms with Gasteiger partial charge in [0.1, 0.15) is 5.75 Å². The first-order chi connectivity index (χ1) is 13.6. The van der Waals surface area contributed by atoms with Crippen LogP contribution in [0.5, 0.6) is 5.75 Å². The lowest BCUT2D eigenvalue weighted by Crippen LogP contribution is -2.19. The highest BCUT2D eigenvalue weighted by Crippen LogP contribution is 2.34. The third-order valence-corrected chi connectivity index (χ3v) is 6.03. The Balaban J connectivity index is 1.78. The Labute approximate surface area is 170 Å². The van der Waals surface area contributed by atoms with Gasteiger partial charge < -0.3 is 9.30 Å². The zero-order valence-electron chi connectivity index (χ0n) is 15.0. The highest BCUT2D eigenvalue weighted by Gasteiger charge is 2.21. The molecule has 3 nitrogen and oxygen atoms in total. The minimum absolute atomic E-state index is 0.155. The van der Waals surface area contributed by atoms with Gasteiger partial charge >= 0.3 is 6.61 Å². The molecule has 28 heavy (non-hydrogen) atoms. The molecule has 1 aliphatic carbocycles. The Kier molecular flexibility index (Phi) is 5.78. The third kappa shape index (κ3) is 4.13. The first-order valence-corrected chi connectivity index (χ1v) is 10.4. The number of alkyl halides is 2.